The Kier molecular flexibility index (Phi) is 6.73. The summed E-state index contributed by atoms with van der Waals surface area (Å²) in [6, 6.07) is 7.83. The number of nitrogens with one attached hydrogen (secondary N) is 1. The van der Waals surface area contributed by atoms with Gasteiger partial charge in [0.1, 0.15) is 11.8 Å². The first-order chi connectivity index (χ1) is 10.2. The second-order valence-electron chi connectivity index (χ2n) is 4.96. The predicted octanol–water partition coefficient (Wildman–Crippen LogP) is 3.25. The fraction of sp³-hybridized carbons (Fsp3) is 0.467. The van der Waals surface area contributed by atoms with Gasteiger partial charge in [0.05, 0.1) is 23.8 Å². The number of hydrogen-bond acceptors (Lipinski definition) is 5. The molecule has 0 amide bonds. The number of likely N-dealkylation sites (N-methyl/N-ethyl adjacent to an activating group) is 1. The second kappa shape index (κ2) is 8.56. The Hall–Kier alpha value is -0.850. The lowest BCUT2D eigenvalue weighted by Gasteiger charge is -2.16. The van der Waals surface area contributed by atoms with Gasteiger partial charge in [-0.2, -0.15) is 0 Å². The number of nitrogens with zero attached hydrogens (tertiary/aromatic N) is 1. The van der Waals surface area contributed by atoms with Gasteiger partial charge in [-0.1, -0.05) is 11.6 Å². The van der Waals surface area contributed by atoms with Crippen LogP contribution in [0.5, 0.6) is 0 Å². The molecule has 1 unspecified atom stereocenters. The summed E-state index contributed by atoms with van der Waals surface area (Å²) in [5, 5.41) is 3.46. The minimum Gasteiger partial charge on any atom is -0.467 e. The van der Waals surface area contributed by atoms with Crippen LogP contribution in [0.1, 0.15) is 16.7 Å². The summed E-state index contributed by atoms with van der Waals surface area (Å²) >= 11 is 7.59. The summed E-state index contributed by atoms with van der Waals surface area (Å²) in [7, 11) is 4.07. The number of halogens is 1. The molecule has 6 heteroatoms. The lowest BCUT2D eigenvalue weighted by molar-refractivity contribution is 0.118. The van der Waals surface area contributed by atoms with Crippen molar-refractivity contribution in [1.29, 1.82) is 0 Å². The molecule has 0 aliphatic heterocycles. The smallest absolute Gasteiger partial charge is 0.126 e. The van der Waals surface area contributed by atoms with E-state index in [1.807, 2.05) is 38.4 Å². The highest BCUT2D eigenvalue weighted by Crippen LogP contribution is 2.31. The van der Waals surface area contributed by atoms with Gasteiger partial charge in [0.15, 0.2) is 0 Å². The molecule has 0 spiro atoms. The van der Waals surface area contributed by atoms with E-state index in [4.69, 9.17) is 20.8 Å². The van der Waals surface area contributed by atoms with E-state index in [1.54, 1.807) is 17.6 Å². The first kappa shape index (κ1) is 16.5. The Labute approximate surface area is 134 Å². The van der Waals surface area contributed by atoms with Crippen molar-refractivity contribution in [2.45, 2.75) is 6.04 Å². The highest BCUT2D eigenvalue weighted by Gasteiger charge is 2.18. The molecule has 0 bridgehead atoms. The maximum atomic E-state index is 6.03. The summed E-state index contributed by atoms with van der Waals surface area (Å²) in [5.41, 5.74) is 0. The largest absolute Gasteiger partial charge is 0.467 e. The van der Waals surface area contributed by atoms with Crippen LogP contribution in [0.3, 0.4) is 0 Å². The van der Waals surface area contributed by atoms with Crippen LogP contribution in [0.25, 0.3) is 0 Å². The number of ether oxygens (including phenoxy) is 1. The third-order valence-electron chi connectivity index (χ3n) is 2.98. The Morgan fingerprint density at radius 2 is 2.19 bits per heavy atom. The maximum absolute atomic E-state index is 6.03. The highest BCUT2D eigenvalue weighted by molar-refractivity contribution is 7.16. The zero-order valence-corrected chi connectivity index (χ0v) is 13.9. The van der Waals surface area contributed by atoms with Gasteiger partial charge in [0, 0.05) is 18.0 Å². The van der Waals surface area contributed by atoms with Crippen molar-refractivity contribution in [3.63, 3.8) is 0 Å². The maximum Gasteiger partial charge on any atom is 0.126 e. The van der Waals surface area contributed by atoms with Crippen LogP contribution in [-0.4, -0.2) is 45.3 Å². The molecule has 0 saturated heterocycles. The van der Waals surface area contributed by atoms with Crippen LogP contribution < -0.4 is 5.32 Å². The van der Waals surface area contributed by atoms with Gasteiger partial charge in [-0.3, -0.25) is 0 Å². The van der Waals surface area contributed by atoms with Crippen LogP contribution in [0, 0.1) is 0 Å². The van der Waals surface area contributed by atoms with Gasteiger partial charge in [-0.05, 0) is 38.4 Å². The van der Waals surface area contributed by atoms with Gasteiger partial charge in [0.25, 0.3) is 0 Å². The molecule has 4 nitrogen and oxygen atoms in total. The van der Waals surface area contributed by atoms with Crippen LogP contribution in [0.2, 0.25) is 4.34 Å². The van der Waals surface area contributed by atoms with Gasteiger partial charge in [-0.25, -0.2) is 0 Å². The molecule has 1 atom stereocenters. The lowest BCUT2D eigenvalue weighted by atomic mass is 10.2. The van der Waals surface area contributed by atoms with Crippen molar-refractivity contribution < 1.29 is 9.15 Å². The van der Waals surface area contributed by atoms with Crippen LogP contribution in [-0.2, 0) is 4.74 Å². The van der Waals surface area contributed by atoms with E-state index in [0.717, 1.165) is 34.7 Å². The molecule has 2 heterocycles. The van der Waals surface area contributed by atoms with Gasteiger partial charge >= 0.3 is 0 Å². The molecule has 2 aromatic rings. The molecule has 0 fully saturated rings. The summed E-state index contributed by atoms with van der Waals surface area (Å²) in [5.74, 6) is 0.891. The third kappa shape index (κ3) is 5.45. The van der Waals surface area contributed by atoms with E-state index in [0.29, 0.717) is 6.61 Å². The van der Waals surface area contributed by atoms with Gasteiger partial charge in [0.2, 0.25) is 0 Å². The van der Waals surface area contributed by atoms with E-state index in [1.165, 1.54) is 0 Å². The molecular formula is C15H21ClN2O2S. The Morgan fingerprint density at radius 3 is 2.81 bits per heavy atom. The zero-order valence-electron chi connectivity index (χ0n) is 12.3. The summed E-state index contributed by atoms with van der Waals surface area (Å²) in [6.07, 6.45) is 1.69. The number of thiophene rings is 1. The first-order valence-corrected chi connectivity index (χ1v) is 8.11. The summed E-state index contributed by atoms with van der Waals surface area (Å²) in [6.45, 7) is 3.10. The average Bonchev–Trinajstić information content (AvgIpc) is 3.09. The average molecular weight is 329 g/mol. The van der Waals surface area contributed by atoms with Crippen molar-refractivity contribution in [3.05, 3.63) is 45.5 Å². The standard InChI is InChI=1S/C15H21ClN2O2S/c1-18(2)8-11-19-10-7-17-15(12-4-3-9-20-12)13-5-6-14(16)21-13/h3-6,9,15,17H,7-8,10-11H2,1-2H3. The molecule has 0 saturated carbocycles. The van der Waals surface area contributed by atoms with Crippen molar-refractivity contribution in [2.24, 2.45) is 0 Å². The fourth-order valence-corrected chi connectivity index (χ4v) is 3.05. The second-order valence-corrected chi connectivity index (χ2v) is 6.71. The minimum atomic E-state index is 0.0231. The molecule has 21 heavy (non-hydrogen) atoms. The Balaban J connectivity index is 1.83. The lowest BCUT2D eigenvalue weighted by Crippen LogP contribution is -2.26. The molecule has 2 aromatic heterocycles. The summed E-state index contributed by atoms with van der Waals surface area (Å²) in [4.78, 5) is 3.25. The van der Waals surface area contributed by atoms with Crippen molar-refractivity contribution in [3.8, 4) is 0 Å². The monoisotopic (exact) mass is 328 g/mol. The van der Waals surface area contributed by atoms with Crippen molar-refractivity contribution >= 4 is 22.9 Å². The Morgan fingerprint density at radius 1 is 1.33 bits per heavy atom. The fourth-order valence-electron chi connectivity index (χ4n) is 1.90. The van der Waals surface area contributed by atoms with Gasteiger partial charge in [-0.15, -0.1) is 11.3 Å². The van der Waals surface area contributed by atoms with E-state index in [-0.39, 0.29) is 6.04 Å². The van der Waals surface area contributed by atoms with Crippen LogP contribution in [0.4, 0.5) is 0 Å². The van der Waals surface area contributed by atoms with E-state index in [9.17, 15) is 0 Å². The molecule has 0 radical (unpaired) electrons. The number of furan rings is 1. The SMILES string of the molecule is CN(C)CCOCCNC(c1ccco1)c1ccc(Cl)s1. The predicted molar refractivity (Wildman–Crippen MR) is 87.3 cm³/mol. The molecule has 0 aliphatic carbocycles. The molecule has 0 aromatic carbocycles. The quantitative estimate of drug-likeness (QED) is 0.717. The molecule has 0 aliphatic rings. The first-order valence-electron chi connectivity index (χ1n) is 6.91. The molecule has 2 rings (SSSR count). The summed E-state index contributed by atoms with van der Waals surface area (Å²) < 4.78 is 11.9. The molecule has 116 valence electrons. The van der Waals surface area contributed by atoms with E-state index in [2.05, 4.69) is 10.2 Å². The van der Waals surface area contributed by atoms with Gasteiger partial charge < -0.3 is 19.4 Å². The highest BCUT2D eigenvalue weighted by atomic mass is 35.5. The van der Waals surface area contributed by atoms with Crippen LogP contribution >= 0.6 is 22.9 Å². The zero-order chi connectivity index (χ0) is 15.1. The number of rotatable bonds is 9. The van der Waals surface area contributed by atoms with Crippen molar-refractivity contribution in [2.75, 3.05) is 40.4 Å². The Bertz CT molecular complexity index is 513. The van der Waals surface area contributed by atoms with Crippen molar-refractivity contribution in [1.82, 2.24) is 10.2 Å². The minimum absolute atomic E-state index is 0.0231. The topological polar surface area (TPSA) is 37.6 Å². The molecule has 1 N–H and O–H groups in total. The van der Waals surface area contributed by atoms with E-state index < -0.39 is 0 Å². The van der Waals surface area contributed by atoms with E-state index >= 15 is 0 Å². The molecular weight excluding hydrogens is 308 g/mol. The van der Waals surface area contributed by atoms with Crippen LogP contribution in [0.15, 0.2) is 34.9 Å². The third-order valence-corrected chi connectivity index (χ3v) is 4.28. The normalized spacial score (nSPS) is 13.0. The number of hydrogen-bond donors (Lipinski definition) is 1.